The molecule has 3 atom stereocenters. The van der Waals surface area contributed by atoms with Crippen LogP contribution in [0.1, 0.15) is 45.1 Å². The summed E-state index contributed by atoms with van der Waals surface area (Å²) in [6.45, 7) is 5.62. The molecule has 3 unspecified atom stereocenters. The van der Waals surface area contributed by atoms with Crippen molar-refractivity contribution < 1.29 is 0 Å². The number of nitrogens with zero attached hydrogens (tertiary/aromatic N) is 1. The van der Waals surface area contributed by atoms with Crippen molar-refractivity contribution >= 4 is 15.9 Å². The van der Waals surface area contributed by atoms with Gasteiger partial charge < -0.3 is 5.32 Å². The Morgan fingerprint density at radius 2 is 2.16 bits per heavy atom. The van der Waals surface area contributed by atoms with Crippen molar-refractivity contribution in [2.45, 2.75) is 52.0 Å². The molecule has 0 amide bonds. The van der Waals surface area contributed by atoms with Crippen LogP contribution in [0.5, 0.6) is 0 Å². The minimum atomic E-state index is 0.687. The molecule has 1 aromatic heterocycles. The van der Waals surface area contributed by atoms with Gasteiger partial charge in [-0.15, -0.1) is 0 Å². The number of aromatic nitrogens is 1. The Morgan fingerprint density at radius 1 is 1.32 bits per heavy atom. The fourth-order valence-electron chi connectivity index (χ4n) is 3.36. The first-order valence-electron chi connectivity index (χ1n) is 7.55. The van der Waals surface area contributed by atoms with Crippen molar-refractivity contribution in [3.8, 4) is 0 Å². The van der Waals surface area contributed by atoms with Gasteiger partial charge in [0, 0.05) is 22.9 Å². The lowest BCUT2D eigenvalue weighted by Gasteiger charge is -2.36. The molecular weight excluding hydrogens is 300 g/mol. The molecule has 0 radical (unpaired) electrons. The normalized spacial score (nSPS) is 27.4. The van der Waals surface area contributed by atoms with Crippen molar-refractivity contribution in [3.05, 3.63) is 28.5 Å². The molecule has 3 heteroatoms. The van der Waals surface area contributed by atoms with Gasteiger partial charge in [-0.1, -0.05) is 20.3 Å². The summed E-state index contributed by atoms with van der Waals surface area (Å²) in [6.07, 6.45) is 10.4. The molecule has 0 aliphatic heterocycles. The second-order valence-electron chi connectivity index (χ2n) is 5.73. The molecule has 0 aromatic carbocycles. The highest BCUT2D eigenvalue weighted by molar-refractivity contribution is 9.10. The molecule has 1 fully saturated rings. The molecule has 0 spiro atoms. The summed E-state index contributed by atoms with van der Waals surface area (Å²) in [5.74, 6) is 1.68. The Morgan fingerprint density at radius 3 is 2.84 bits per heavy atom. The predicted octanol–water partition coefficient (Wildman–Crippen LogP) is 4.19. The lowest BCUT2D eigenvalue weighted by atomic mass is 9.74. The molecule has 2 nitrogen and oxygen atoms in total. The number of hydrogen-bond donors (Lipinski definition) is 1. The monoisotopic (exact) mass is 324 g/mol. The fraction of sp³-hybridized carbons (Fsp3) is 0.688. The molecule has 1 aliphatic rings. The van der Waals surface area contributed by atoms with Crippen LogP contribution in [0.2, 0.25) is 0 Å². The van der Waals surface area contributed by atoms with Gasteiger partial charge in [0.05, 0.1) is 0 Å². The molecule has 2 rings (SSSR count). The van der Waals surface area contributed by atoms with Gasteiger partial charge in [-0.05, 0) is 71.6 Å². The Hall–Kier alpha value is -0.410. The van der Waals surface area contributed by atoms with Gasteiger partial charge >= 0.3 is 0 Å². The van der Waals surface area contributed by atoms with Gasteiger partial charge in [-0.3, -0.25) is 4.98 Å². The quantitative estimate of drug-likeness (QED) is 0.878. The average Bonchev–Trinajstić information content (AvgIpc) is 2.41. The molecule has 19 heavy (non-hydrogen) atoms. The standard InChI is InChI=1S/C16H25BrN2/c1-3-12-5-6-16(19-4-2)14(7-12)8-13-9-15(17)11-18-10-13/h9-12,14,16,19H,3-8H2,1-2H3. The predicted molar refractivity (Wildman–Crippen MR) is 84.2 cm³/mol. The molecule has 0 bridgehead atoms. The number of pyridine rings is 1. The van der Waals surface area contributed by atoms with E-state index in [1.165, 1.54) is 31.2 Å². The summed E-state index contributed by atoms with van der Waals surface area (Å²) in [5.41, 5.74) is 1.36. The van der Waals surface area contributed by atoms with Crippen LogP contribution in [0.4, 0.5) is 0 Å². The molecular formula is C16H25BrN2. The lowest BCUT2D eigenvalue weighted by molar-refractivity contribution is 0.200. The van der Waals surface area contributed by atoms with Crippen molar-refractivity contribution in [1.82, 2.24) is 10.3 Å². The summed E-state index contributed by atoms with van der Waals surface area (Å²) in [7, 11) is 0. The first kappa shape index (κ1) is 15.0. The number of halogens is 1. The van der Waals surface area contributed by atoms with Gasteiger partial charge in [0.25, 0.3) is 0 Å². The van der Waals surface area contributed by atoms with Gasteiger partial charge in [-0.25, -0.2) is 0 Å². The van der Waals surface area contributed by atoms with Crippen LogP contribution in [-0.2, 0) is 6.42 Å². The van der Waals surface area contributed by atoms with E-state index in [-0.39, 0.29) is 0 Å². The van der Waals surface area contributed by atoms with Crippen molar-refractivity contribution in [3.63, 3.8) is 0 Å². The summed E-state index contributed by atoms with van der Waals surface area (Å²) in [4.78, 5) is 4.29. The van der Waals surface area contributed by atoms with E-state index in [0.29, 0.717) is 6.04 Å². The topological polar surface area (TPSA) is 24.9 Å². The summed E-state index contributed by atoms with van der Waals surface area (Å²) in [6, 6.07) is 2.90. The van der Waals surface area contributed by atoms with Gasteiger partial charge in [-0.2, -0.15) is 0 Å². The fourth-order valence-corrected chi connectivity index (χ4v) is 3.77. The highest BCUT2D eigenvalue weighted by Gasteiger charge is 2.29. The SMILES string of the molecule is CCNC1CCC(CC)CC1Cc1cncc(Br)c1. The maximum Gasteiger partial charge on any atom is 0.0410 e. The summed E-state index contributed by atoms with van der Waals surface area (Å²) >= 11 is 3.52. The average molecular weight is 325 g/mol. The molecule has 0 saturated heterocycles. The van der Waals surface area contributed by atoms with E-state index in [1.54, 1.807) is 0 Å². The Balaban J connectivity index is 2.04. The molecule has 1 saturated carbocycles. The molecule has 106 valence electrons. The minimum Gasteiger partial charge on any atom is -0.314 e. The first-order chi connectivity index (χ1) is 9.22. The Bertz CT molecular complexity index is 394. The summed E-state index contributed by atoms with van der Waals surface area (Å²) in [5, 5.41) is 3.68. The zero-order valence-electron chi connectivity index (χ0n) is 12.0. The van der Waals surface area contributed by atoms with E-state index in [0.717, 1.165) is 29.3 Å². The van der Waals surface area contributed by atoms with E-state index in [2.05, 4.69) is 46.1 Å². The third-order valence-corrected chi connectivity index (χ3v) is 4.83. The van der Waals surface area contributed by atoms with Gasteiger partial charge in [0.2, 0.25) is 0 Å². The Kier molecular flexibility index (Phi) is 5.83. The third-order valence-electron chi connectivity index (χ3n) is 4.39. The second kappa shape index (κ2) is 7.39. The molecule has 1 aliphatic carbocycles. The van der Waals surface area contributed by atoms with Crippen molar-refractivity contribution in [2.75, 3.05) is 6.54 Å². The summed E-state index contributed by atoms with van der Waals surface area (Å²) < 4.78 is 1.09. The highest BCUT2D eigenvalue weighted by Crippen LogP contribution is 2.33. The molecule has 1 aromatic rings. The van der Waals surface area contributed by atoms with Crippen LogP contribution in [0.25, 0.3) is 0 Å². The van der Waals surface area contributed by atoms with E-state index < -0.39 is 0 Å². The van der Waals surface area contributed by atoms with E-state index in [9.17, 15) is 0 Å². The number of hydrogen-bond acceptors (Lipinski definition) is 2. The largest absolute Gasteiger partial charge is 0.314 e. The Labute approximate surface area is 125 Å². The molecule has 1 heterocycles. The zero-order chi connectivity index (χ0) is 13.7. The first-order valence-corrected chi connectivity index (χ1v) is 8.35. The van der Waals surface area contributed by atoms with Crippen LogP contribution >= 0.6 is 15.9 Å². The van der Waals surface area contributed by atoms with Crippen molar-refractivity contribution in [2.24, 2.45) is 11.8 Å². The van der Waals surface area contributed by atoms with Crippen LogP contribution in [0.15, 0.2) is 22.9 Å². The maximum absolute atomic E-state index is 4.29. The second-order valence-corrected chi connectivity index (χ2v) is 6.64. The van der Waals surface area contributed by atoms with E-state index in [1.807, 2.05) is 12.4 Å². The van der Waals surface area contributed by atoms with Crippen molar-refractivity contribution in [1.29, 1.82) is 0 Å². The minimum absolute atomic E-state index is 0.687. The highest BCUT2D eigenvalue weighted by atomic mass is 79.9. The maximum atomic E-state index is 4.29. The van der Waals surface area contributed by atoms with Crippen LogP contribution in [0, 0.1) is 11.8 Å². The smallest absolute Gasteiger partial charge is 0.0410 e. The van der Waals surface area contributed by atoms with Crippen LogP contribution in [0.3, 0.4) is 0 Å². The third kappa shape index (κ3) is 4.28. The number of rotatable bonds is 5. The van der Waals surface area contributed by atoms with Crippen LogP contribution in [-0.4, -0.2) is 17.6 Å². The van der Waals surface area contributed by atoms with E-state index in [4.69, 9.17) is 0 Å². The molecule has 1 N–H and O–H groups in total. The number of nitrogens with one attached hydrogen (secondary N) is 1. The zero-order valence-corrected chi connectivity index (χ0v) is 13.6. The van der Waals surface area contributed by atoms with E-state index >= 15 is 0 Å². The van der Waals surface area contributed by atoms with Gasteiger partial charge in [0.1, 0.15) is 0 Å². The van der Waals surface area contributed by atoms with Gasteiger partial charge in [0.15, 0.2) is 0 Å². The van der Waals surface area contributed by atoms with Crippen LogP contribution < -0.4 is 5.32 Å². The lowest BCUT2D eigenvalue weighted by Crippen LogP contribution is -2.41.